The molecule has 0 bridgehead atoms. The van der Waals surface area contributed by atoms with E-state index in [1.54, 1.807) is 0 Å². The molecule has 1 aromatic carbocycles. The highest BCUT2D eigenvalue weighted by Gasteiger charge is 2.36. The van der Waals surface area contributed by atoms with Crippen LogP contribution in [0, 0.1) is 5.92 Å². The SMILES string of the molecule is Cl.Cl.FC(F)(F)c1ccc(Cl)c([C@@H](C2CCCC2)N2CCNCC2)c1. The summed E-state index contributed by atoms with van der Waals surface area (Å²) in [5, 5.41) is 3.76. The first-order chi connectivity index (χ1) is 11.0. The van der Waals surface area contributed by atoms with Crippen LogP contribution in [-0.4, -0.2) is 31.1 Å². The zero-order valence-corrected chi connectivity index (χ0v) is 16.2. The number of piperazine rings is 1. The van der Waals surface area contributed by atoms with Crippen molar-refractivity contribution >= 4 is 36.4 Å². The summed E-state index contributed by atoms with van der Waals surface area (Å²) in [6.45, 7) is 3.46. The van der Waals surface area contributed by atoms with E-state index in [9.17, 15) is 13.2 Å². The Hall–Kier alpha value is -0.200. The van der Waals surface area contributed by atoms with Gasteiger partial charge in [-0.05, 0) is 42.5 Å². The van der Waals surface area contributed by atoms with Crippen LogP contribution in [-0.2, 0) is 6.18 Å². The highest BCUT2D eigenvalue weighted by atomic mass is 35.5. The molecule has 1 N–H and O–H groups in total. The Labute approximate surface area is 164 Å². The number of hydrogen-bond acceptors (Lipinski definition) is 2. The van der Waals surface area contributed by atoms with Gasteiger partial charge in [-0.1, -0.05) is 24.4 Å². The molecular weight excluding hydrogens is 396 g/mol. The Balaban J connectivity index is 0.00000156. The lowest BCUT2D eigenvalue weighted by Gasteiger charge is -2.39. The van der Waals surface area contributed by atoms with Gasteiger partial charge in [0.15, 0.2) is 0 Å². The van der Waals surface area contributed by atoms with Gasteiger partial charge in [0.1, 0.15) is 0 Å². The molecule has 2 fully saturated rings. The Morgan fingerprint density at radius 3 is 2.24 bits per heavy atom. The Bertz CT molecular complexity index is 542. The summed E-state index contributed by atoms with van der Waals surface area (Å²) in [7, 11) is 0. The third-order valence-electron chi connectivity index (χ3n) is 5.03. The molecule has 0 unspecified atom stereocenters. The van der Waals surface area contributed by atoms with Crippen LogP contribution in [0.25, 0.3) is 0 Å². The third kappa shape index (κ3) is 5.39. The lowest BCUT2D eigenvalue weighted by atomic mass is 9.88. The maximum Gasteiger partial charge on any atom is 0.416 e. The molecule has 0 aromatic heterocycles. The van der Waals surface area contributed by atoms with Crippen molar-refractivity contribution < 1.29 is 13.2 Å². The number of hydrogen-bond donors (Lipinski definition) is 1. The van der Waals surface area contributed by atoms with E-state index in [-0.39, 0.29) is 30.9 Å². The topological polar surface area (TPSA) is 15.3 Å². The third-order valence-corrected chi connectivity index (χ3v) is 5.38. The van der Waals surface area contributed by atoms with Crippen molar-refractivity contribution in [2.24, 2.45) is 5.92 Å². The number of rotatable bonds is 3. The molecule has 1 atom stereocenters. The van der Waals surface area contributed by atoms with E-state index in [0.29, 0.717) is 16.5 Å². The second-order valence-electron chi connectivity index (χ2n) is 6.51. The van der Waals surface area contributed by atoms with Gasteiger partial charge in [-0.2, -0.15) is 13.2 Å². The molecular formula is C17H24Cl3F3N2. The van der Waals surface area contributed by atoms with Crippen molar-refractivity contribution in [1.82, 2.24) is 10.2 Å². The van der Waals surface area contributed by atoms with Crippen LogP contribution in [0.4, 0.5) is 13.2 Å². The molecule has 3 rings (SSSR count). The first-order valence-corrected chi connectivity index (χ1v) is 8.66. The fraction of sp³-hybridized carbons (Fsp3) is 0.647. The second-order valence-corrected chi connectivity index (χ2v) is 6.92. The van der Waals surface area contributed by atoms with E-state index in [1.165, 1.54) is 12.1 Å². The van der Waals surface area contributed by atoms with Gasteiger partial charge in [0.05, 0.1) is 5.56 Å². The van der Waals surface area contributed by atoms with Crippen LogP contribution >= 0.6 is 36.4 Å². The molecule has 2 aliphatic rings. The highest BCUT2D eigenvalue weighted by molar-refractivity contribution is 6.31. The van der Waals surface area contributed by atoms with Gasteiger partial charge in [0.25, 0.3) is 0 Å². The van der Waals surface area contributed by atoms with Gasteiger partial charge >= 0.3 is 6.18 Å². The number of nitrogens with one attached hydrogen (secondary N) is 1. The fourth-order valence-electron chi connectivity index (χ4n) is 3.93. The highest BCUT2D eigenvalue weighted by Crippen LogP contribution is 2.43. The number of alkyl halides is 3. The van der Waals surface area contributed by atoms with E-state index < -0.39 is 11.7 Å². The summed E-state index contributed by atoms with van der Waals surface area (Å²) in [6.07, 6.45) is 0.124. The summed E-state index contributed by atoms with van der Waals surface area (Å²) < 4.78 is 39.3. The van der Waals surface area contributed by atoms with E-state index in [4.69, 9.17) is 11.6 Å². The minimum Gasteiger partial charge on any atom is -0.314 e. The first kappa shape index (κ1) is 22.8. The molecule has 144 valence electrons. The summed E-state index contributed by atoms with van der Waals surface area (Å²) in [4.78, 5) is 2.31. The Kier molecular flexibility index (Phi) is 8.82. The Morgan fingerprint density at radius 2 is 1.68 bits per heavy atom. The molecule has 0 amide bonds. The van der Waals surface area contributed by atoms with E-state index in [2.05, 4.69) is 10.2 Å². The average molecular weight is 420 g/mol. The van der Waals surface area contributed by atoms with E-state index in [0.717, 1.165) is 57.9 Å². The zero-order chi connectivity index (χ0) is 16.4. The number of benzene rings is 1. The predicted molar refractivity (Wildman–Crippen MR) is 100 cm³/mol. The molecule has 1 aliphatic heterocycles. The molecule has 25 heavy (non-hydrogen) atoms. The van der Waals surface area contributed by atoms with Gasteiger partial charge in [0, 0.05) is 37.2 Å². The van der Waals surface area contributed by atoms with Crippen molar-refractivity contribution in [3.63, 3.8) is 0 Å². The molecule has 1 aromatic rings. The zero-order valence-electron chi connectivity index (χ0n) is 13.8. The van der Waals surface area contributed by atoms with Crippen LogP contribution in [0.1, 0.15) is 42.9 Å². The fourth-order valence-corrected chi connectivity index (χ4v) is 4.16. The summed E-state index contributed by atoms with van der Waals surface area (Å²) in [5.41, 5.74) is 0.0466. The van der Waals surface area contributed by atoms with Gasteiger partial charge in [-0.15, -0.1) is 24.8 Å². The summed E-state index contributed by atoms with van der Waals surface area (Å²) in [5.74, 6) is 0.397. The number of nitrogens with zero attached hydrogens (tertiary/aromatic N) is 1. The summed E-state index contributed by atoms with van der Waals surface area (Å²) in [6, 6.07) is 3.75. The summed E-state index contributed by atoms with van der Waals surface area (Å²) >= 11 is 6.33. The standard InChI is InChI=1S/C17H22ClF3N2.2ClH/c18-15-6-5-13(17(19,20)21)11-14(15)16(12-3-1-2-4-12)23-9-7-22-8-10-23;;/h5-6,11-12,16,22H,1-4,7-10H2;2*1H/t16-;;/m1../s1. The number of halogens is 6. The second kappa shape index (κ2) is 9.65. The van der Waals surface area contributed by atoms with Crippen molar-refractivity contribution in [2.45, 2.75) is 37.9 Å². The lowest BCUT2D eigenvalue weighted by molar-refractivity contribution is -0.137. The Morgan fingerprint density at radius 1 is 1.08 bits per heavy atom. The van der Waals surface area contributed by atoms with Gasteiger partial charge in [-0.3, -0.25) is 4.90 Å². The molecule has 0 spiro atoms. The lowest BCUT2D eigenvalue weighted by Crippen LogP contribution is -2.46. The predicted octanol–water partition coefficient (Wildman–Crippen LogP) is 5.34. The van der Waals surface area contributed by atoms with Crippen molar-refractivity contribution in [2.75, 3.05) is 26.2 Å². The minimum absolute atomic E-state index is 0. The molecule has 2 nitrogen and oxygen atoms in total. The van der Waals surface area contributed by atoms with Crippen LogP contribution in [0.5, 0.6) is 0 Å². The molecule has 1 saturated carbocycles. The monoisotopic (exact) mass is 418 g/mol. The van der Waals surface area contributed by atoms with Crippen LogP contribution in [0.2, 0.25) is 5.02 Å². The average Bonchev–Trinajstić information content (AvgIpc) is 3.03. The molecule has 1 heterocycles. The van der Waals surface area contributed by atoms with Crippen LogP contribution in [0.15, 0.2) is 18.2 Å². The maximum absolute atomic E-state index is 13.1. The van der Waals surface area contributed by atoms with Crippen molar-refractivity contribution in [1.29, 1.82) is 0 Å². The molecule has 1 saturated heterocycles. The normalized spacial score (nSPS) is 20.6. The van der Waals surface area contributed by atoms with E-state index >= 15 is 0 Å². The minimum atomic E-state index is -4.33. The van der Waals surface area contributed by atoms with Crippen LogP contribution in [0.3, 0.4) is 0 Å². The maximum atomic E-state index is 13.1. The molecule has 8 heteroatoms. The van der Waals surface area contributed by atoms with Crippen LogP contribution < -0.4 is 5.32 Å². The van der Waals surface area contributed by atoms with Crippen molar-refractivity contribution in [3.8, 4) is 0 Å². The smallest absolute Gasteiger partial charge is 0.314 e. The quantitative estimate of drug-likeness (QED) is 0.711. The largest absolute Gasteiger partial charge is 0.416 e. The first-order valence-electron chi connectivity index (χ1n) is 8.28. The molecule has 0 radical (unpaired) electrons. The van der Waals surface area contributed by atoms with Crippen molar-refractivity contribution in [3.05, 3.63) is 34.3 Å². The van der Waals surface area contributed by atoms with Gasteiger partial charge < -0.3 is 5.32 Å². The van der Waals surface area contributed by atoms with Gasteiger partial charge in [-0.25, -0.2) is 0 Å². The molecule has 1 aliphatic carbocycles. The van der Waals surface area contributed by atoms with Gasteiger partial charge in [0.2, 0.25) is 0 Å². The van der Waals surface area contributed by atoms with E-state index in [1.807, 2.05) is 0 Å².